The molecule has 0 radical (unpaired) electrons. The first-order valence-corrected chi connectivity index (χ1v) is 6.61. The molecule has 2 nitrogen and oxygen atoms in total. The van der Waals surface area contributed by atoms with Crippen molar-refractivity contribution in [3.63, 3.8) is 0 Å². The average Bonchev–Trinajstić information content (AvgIpc) is 2.88. The molecule has 0 amide bonds. The number of hydrogen-bond donors (Lipinski definition) is 1. The lowest BCUT2D eigenvalue weighted by atomic mass is 10.2. The summed E-state index contributed by atoms with van der Waals surface area (Å²) in [7, 11) is 0. The van der Waals surface area contributed by atoms with Crippen molar-refractivity contribution in [3.05, 3.63) is 52.7 Å². The van der Waals surface area contributed by atoms with Gasteiger partial charge in [-0.2, -0.15) is 0 Å². The highest BCUT2D eigenvalue weighted by molar-refractivity contribution is 7.09. The summed E-state index contributed by atoms with van der Waals surface area (Å²) in [5.41, 5.74) is 0. The van der Waals surface area contributed by atoms with Gasteiger partial charge in [0.2, 0.25) is 0 Å². The number of aliphatic hydroxyl groups excluding tert-OH is 1. The summed E-state index contributed by atoms with van der Waals surface area (Å²) in [6, 6.07) is 13.7. The van der Waals surface area contributed by atoms with E-state index in [-0.39, 0.29) is 0 Å². The molecule has 1 unspecified atom stereocenters. The molecule has 1 aromatic carbocycles. The van der Waals surface area contributed by atoms with Crippen molar-refractivity contribution in [2.24, 2.45) is 0 Å². The smallest absolute Gasteiger partial charge is 0.119 e. The minimum atomic E-state index is -0.405. The summed E-state index contributed by atoms with van der Waals surface area (Å²) in [5, 5.41) is 11.8. The van der Waals surface area contributed by atoms with Gasteiger partial charge in [-0.15, -0.1) is 11.3 Å². The number of ether oxygens (including phenoxy) is 1. The van der Waals surface area contributed by atoms with Crippen molar-refractivity contribution in [1.29, 1.82) is 0 Å². The Bertz CT molecular complexity index is 411. The van der Waals surface area contributed by atoms with Crippen LogP contribution < -0.4 is 4.74 Å². The van der Waals surface area contributed by atoms with Gasteiger partial charge in [-0.1, -0.05) is 24.3 Å². The molecule has 0 saturated heterocycles. The molecule has 3 heteroatoms. The third-order valence-corrected chi connectivity index (χ3v) is 3.43. The maximum Gasteiger partial charge on any atom is 0.119 e. The molecule has 0 aliphatic carbocycles. The maximum atomic E-state index is 9.79. The second kappa shape index (κ2) is 6.42. The molecule has 1 N–H and O–H groups in total. The van der Waals surface area contributed by atoms with Gasteiger partial charge in [-0.25, -0.2) is 0 Å². The average molecular weight is 248 g/mol. The van der Waals surface area contributed by atoms with Crippen LogP contribution in [0, 0.1) is 0 Å². The summed E-state index contributed by atoms with van der Waals surface area (Å²) >= 11 is 1.73. The van der Waals surface area contributed by atoms with Gasteiger partial charge in [0.25, 0.3) is 0 Å². The number of aliphatic hydroxyl groups is 1. The lowest BCUT2D eigenvalue weighted by molar-refractivity contribution is 0.100. The maximum absolute atomic E-state index is 9.79. The van der Waals surface area contributed by atoms with Crippen LogP contribution in [0.25, 0.3) is 0 Å². The zero-order valence-electron chi connectivity index (χ0n) is 9.58. The summed E-state index contributed by atoms with van der Waals surface area (Å²) in [6.45, 7) is 0.357. The van der Waals surface area contributed by atoms with Gasteiger partial charge in [-0.3, -0.25) is 0 Å². The molecule has 0 aliphatic rings. The van der Waals surface area contributed by atoms with Crippen LogP contribution in [0.3, 0.4) is 0 Å². The molecule has 90 valence electrons. The zero-order valence-corrected chi connectivity index (χ0v) is 10.4. The lowest BCUT2D eigenvalue weighted by Gasteiger charge is -2.11. The van der Waals surface area contributed by atoms with Crippen LogP contribution >= 0.6 is 11.3 Å². The molecule has 0 aliphatic heterocycles. The molecule has 0 saturated carbocycles. The third kappa shape index (κ3) is 4.21. The fourth-order valence-electron chi connectivity index (χ4n) is 1.56. The normalized spacial score (nSPS) is 12.3. The highest BCUT2D eigenvalue weighted by Crippen LogP contribution is 2.13. The van der Waals surface area contributed by atoms with Crippen LogP contribution in [0.4, 0.5) is 0 Å². The highest BCUT2D eigenvalue weighted by Gasteiger charge is 2.06. The SMILES string of the molecule is OC(CCc1cccs1)COc1ccccc1. The predicted octanol–water partition coefficient (Wildman–Crippen LogP) is 3.12. The van der Waals surface area contributed by atoms with E-state index in [1.807, 2.05) is 36.4 Å². The molecule has 1 aromatic heterocycles. The van der Waals surface area contributed by atoms with E-state index in [0.29, 0.717) is 6.61 Å². The minimum Gasteiger partial charge on any atom is -0.491 e. The Morgan fingerprint density at radius 1 is 1.12 bits per heavy atom. The van der Waals surface area contributed by atoms with Crippen LogP contribution in [0.1, 0.15) is 11.3 Å². The zero-order chi connectivity index (χ0) is 11.9. The van der Waals surface area contributed by atoms with Gasteiger partial charge in [0.05, 0.1) is 6.10 Å². The fourth-order valence-corrected chi connectivity index (χ4v) is 2.28. The van der Waals surface area contributed by atoms with Crippen LogP contribution in [0.5, 0.6) is 5.75 Å². The minimum absolute atomic E-state index is 0.357. The number of hydrogen-bond acceptors (Lipinski definition) is 3. The van der Waals surface area contributed by atoms with E-state index in [9.17, 15) is 5.11 Å². The second-order valence-electron chi connectivity index (χ2n) is 3.90. The first kappa shape index (κ1) is 12.1. The molecule has 0 fully saturated rings. The first-order valence-electron chi connectivity index (χ1n) is 5.73. The van der Waals surface area contributed by atoms with E-state index in [1.165, 1.54) is 4.88 Å². The van der Waals surface area contributed by atoms with E-state index >= 15 is 0 Å². The first-order chi connectivity index (χ1) is 8.34. The molecular weight excluding hydrogens is 232 g/mol. The Morgan fingerprint density at radius 2 is 1.94 bits per heavy atom. The number of rotatable bonds is 6. The Kier molecular flexibility index (Phi) is 4.59. The summed E-state index contributed by atoms with van der Waals surface area (Å²) in [5.74, 6) is 0.808. The molecule has 0 bridgehead atoms. The van der Waals surface area contributed by atoms with Crippen LogP contribution in [-0.4, -0.2) is 17.8 Å². The van der Waals surface area contributed by atoms with Gasteiger partial charge in [0, 0.05) is 4.88 Å². The Hall–Kier alpha value is -1.32. The standard InChI is InChI=1S/C14H16O2S/c15-12(8-9-14-7-4-10-17-14)11-16-13-5-2-1-3-6-13/h1-7,10,12,15H,8-9,11H2. The van der Waals surface area contributed by atoms with E-state index in [2.05, 4.69) is 11.4 Å². The number of aryl methyl sites for hydroxylation is 1. The topological polar surface area (TPSA) is 29.5 Å². The molecule has 2 rings (SSSR count). The second-order valence-corrected chi connectivity index (χ2v) is 4.93. The van der Waals surface area contributed by atoms with Crippen LogP contribution in [-0.2, 0) is 6.42 Å². The van der Waals surface area contributed by atoms with Gasteiger partial charge in [0.1, 0.15) is 12.4 Å². The Balaban J connectivity index is 1.69. The number of thiophene rings is 1. The third-order valence-electron chi connectivity index (χ3n) is 2.49. The quantitative estimate of drug-likeness (QED) is 0.851. The van der Waals surface area contributed by atoms with Crippen molar-refractivity contribution in [1.82, 2.24) is 0 Å². The highest BCUT2D eigenvalue weighted by atomic mass is 32.1. The van der Waals surface area contributed by atoms with Crippen molar-refractivity contribution in [2.75, 3.05) is 6.61 Å². The Morgan fingerprint density at radius 3 is 2.65 bits per heavy atom. The lowest BCUT2D eigenvalue weighted by Crippen LogP contribution is -2.18. The van der Waals surface area contributed by atoms with Gasteiger partial charge in [0.15, 0.2) is 0 Å². The van der Waals surface area contributed by atoms with Crippen LogP contribution in [0.15, 0.2) is 47.8 Å². The monoisotopic (exact) mass is 248 g/mol. The predicted molar refractivity (Wildman–Crippen MR) is 70.6 cm³/mol. The fraction of sp³-hybridized carbons (Fsp3) is 0.286. The summed E-state index contributed by atoms with van der Waals surface area (Å²) in [6.07, 6.45) is 1.25. The molecule has 1 heterocycles. The van der Waals surface area contributed by atoms with Gasteiger partial charge < -0.3 is 9.84 Å². The molecule has 1 atom stereocenters. The summed E-state index contributed by atoms with van der Waals surface area (Å²) in [4.78, 5) is 1.31. The summed E-state index contributed by atoms with van der Waals surface area (Å²) < 4.78 is 5.49. The molecule has 0 spiro atoms. The molecule has 17 heavy (non-hydrogen) atoms. The number of benzene rings is 1. The van der Waals surface area contributed by atoms with Crippen molar-refractivity contribution in [2.45, 2.75) is 18.9 Å². The Labute approximate surface area is 105 Å². The number of para-hydroxylation sites is 1. The molecule has 2 aromatic rings. The molecular formula is C14H16O2S. The van der Waals surface area contributed by atoms with E-state index in [1.54, 1.807) is 11.3 Å². The van der Waals surface area contributed by atoms with E-state index in [4.69, 9.17) is 4.74 Å². The van der Waals surface area contributed by atoms with Crippen LogP contribution in [0.2, 0.25) is 0 Å². The van der Waals surface area contributed by atoms with Gasteiger partial charge >= 0.3 is 0 Å². The largest absolute Gasteiger partial charge is 0.491 e. The van der Waals surface area contributed by atoms with Crippen molar-refractivity contribution >= 4 is 11.3 Å². The van der Waals surface area contributed by atoms with Crippen molar-refractivity contribution < 1.29 is 9.84 Å². The van der Waals surface area contributed by atoms with Crippen molar-refractivity contribution in [3.8, 4) is 5.75 Å². The van der Waals surface area contributed by atoms with Gasteiger partial charge in [-0.05, 0) is 36.4 Å². The van der Waals surface area contributed by atoms with E-state index < -0.39 is 6.10 Å². The van der Waals surface area contributed by atoms with E-state index in [0.717, 1.165) is 18.6 Å².